The molecule has 0 aliphatic rings. The summed E-state index contributed by atoms with van der Waals surface area (Å²) in [5, 5.41) is 8.67. The number of nitrogens with one attached hydrogen (secondary N) is 3. The molecule has 0 bridgehead atoms. The smallest absolute Gasteiger partial charge is 0.361 e. The first-order chi connectivity index (χ1) is 32.6. The number of nitrogens with two attached hydrogens (primary N) is 3. The number of hydrogen-bond donors (Lipinski definition) is 6. The molecule has 0 aliphatic carbocycles. The maximum Gasteiger partial charge on any atom is 0.361 e. The van der Waals surface area contributed by atoms with Crippen LogP contribution in [0.4, 0.5) is 0 Å². The number of nitrogens with zero attached hydrogens (tertiary/aromatic N) is 1. The minimum atomic E-state index is -1.17. The molecule has 69 heavy (non-hydrogen) atoms. The molecular weight excluding hydrogens is 903 g/mol. The van der Waals surface area contributed by atoms with Gasteiger partial charge in [0.1, 0.15) is 29.2 Å². The molecule has 3 amide bonds. The van der Waals surface area contributed by atoms with E-state index in [1.165, 1.54) is 88.2 Å². The van der Waals surface area contributed by atoms with Gasteiger partial charge in [0.2, 0.25) is 23.5 Å². The molecule has 6 atom stereocenters. The van der Waals surface area contributed by atoms with Gasteiger partial charge in [0.05, 0.1) is 52.1 Å². The van der Waals surface area contributed by atoms with Gasteiger partial charge in [-0.2, -0.15) is 0 Å². The van der Waals surface area contributed by atoms with Gasteiger partial charge in [0.15, 0.2) is 34.5 Å². The highest BCUT2D eigenvalue weighted by Gasteiger charge is 2.30. The Hall–Kier alpha value is -7.95. The van der Waals surface area contributed by atoms with Crippen molar-refractivity contribution in [3.8, 4) is 51.4 Å². The van der Waals surface area contributed by atoms with E-state index in [0.717, 1.165) is 0 Å². The molecule has 3 aromatic carbocycles. The van der Waals surface area contributed by atoms with Crippen LogP contribution in [0.3, 0.4) is 0 Å². The summed E-state index contributed by atoms with van der Waals surface area (Å²) in [4.78, 5) is 91.5. The monoisotopic (exact) mass is 955 g/mol. The lowest BCUT2D eigenvalue weighted by atomic mass is 9.97. The van der Waals surface area contributed by atoms with Crippen molar-refractivity contribution in [1.82, 2.24) is 20.4 Å². The summed E-state index contributed by atoms with van der Waals surface area (Å²) in [6.07, 6.45) is 1.55. The fraction of sp³-hybridized carbons (Fsp3) is 0.340. The molecule has 6 rings (SSSR count). The number of aromatic nitrogens is 1. The van der Waals surface area contributed by atoms with E-state index in [-0.39, 0.29) is 67.5 Å². The van der Waals surface area contributed by atoms with E-state index in [4.69, 9.17) is 54.8 Å². The van der Waals surface area contributed by atoms with Crippen molar-refractivity contribution in [2.75, 3.05) is 28.4 Å². The molecule has 0 unspecified atom stereocenters. The molecule has 0 spiro atoms. The first-order valence-electron chi connectivity index (χ1n) is 21.4. The Labute approximate surface area is 393 Å². The van der Waals surface area contributed by atoms with E-state index >= 15 is 0 Å². The summed E-state index contributed by atoms with van der Waals surface area (Å²) < 4.78 is 47.8. The molecule has 0 aliphatic heterocycles. The van der Waals surface area contributed by atoms with E-state index in [1.54, 1.807) is 34.9 Å². The summed E-state index contributed by atoms with van der Waals surface area (Å²) in [6, 6.07) is 4.48. The molecule has 366 valence electrons. The van der Waals surface area contributed by atoms with Crippen molar-refractivity contribution >= 4 is 73.8 Å². The molecule has 0 saturated carbocycles. The molecule has 6 aromatic rings. The Morgan fingerprint density at radius 1 is 0.536 bits per heavy atom. The highest BCUT2D eigenvalue weighted by molar-refractivity contribution is 6.22. The third-order valence-electron chi connectivity index (χ3n) is 10.9. The molecule has 0 fully saturated rings. The zero-order valence-corrected chi connectivity index (χ0v) is 39.4. The normalized spacial score (nSPS) is 13.9. The maximum atomic E-state index is 14.4. The number of carbonyl (C=O) groups excluding carboxylic acids is 6. The second-order valence-corrected chi connectivity index (χ2v) is 16.1. The second-order valence-electron chi connectivity index (χ2n) is 16.1. The van der Waals surface area contributed by atoms with Gasteiger partial charge in [-0.1, -0.05) is 6.07 Å². The predicted molar refractivity (Wildman–Crippen MR) is 251 cm³/mol. The van der Waals surface area contributed by atoms with Gasteiger partial charge in [-0.3, -0.25) is 14.4 Å². The molecule has 22 nitrogen and oxygen atoms in total. The number of esters is 3. The largest absolute Gasteiger partial charge is 0.493 e. The second kappa shape index (κ2) is 20.5. The number of hydrogen-bond acceptors (Lipinski definition) is 18. The topological polar surface area (TPSA) is 316 Å². The molecule has 3 aromatic heterocycles. The summed E-state index contributed by atoms with van der Waals surface area (Å²) in [7, 11) is 5.40. The number of benzene rings is 3. The van der Waals surface area contributed by atoms with Crippen LogP contribution < -0.4 is 71.9 Å². The first kappa shape index (κ1) is 50.5. The Kier molecular flexibility index (Phi) is 15.0. The van der Waals surface area contributed by atoms with Gasteiger partial charge in [-0.25, -0.2) is 19.2 Å². The fourth-order valence-electron chi connectivity index (χ4n) is 7.24. The number of rotatable bonds is 17. The quantitative estimate of drug-likeness (QED) is 0.0434. The number of fused-ring (bicyclic) bond motifs is 7. The lowest BCUT2D eigenvalue weighted by Crippen LogP contribution is -2.47. The minimum absolute atomic E-state index is 0.0159. The Morgan fingerprint density at radius 2 is 1.03 bits per heavy atom. The zero-order chi connectivity index (χ0) is 50.8. The van der Waals surface area contributed by atoms with Crippen LogP contribution in [-0.2, 0) is 28.8 Å². The predicted octanol–water partition coefficient (Wildman–Crippen LogP) is 2.33. The van der Waals surface area contributed by atoms with Crippen LogP contribution in [0.2, 0.25) is 0 Å². The minimum Gasteiger partial charge on any atom is -0.493 e. The average Bonchev–Trinajstić information content (AvgIpc) is 3.67. The van der Waals surface area contributed by atoms with Crippen molar-refractivity contribution in [1.29, 1.82) is 0 Å². The van der Waals surface area contributed by atoms with E-state index in [9.17, 15) is 33.6 Å². The molecular formula is C47H53N7O15. The van der Waals surface area contributed by atoms with Crippen molar-refractivity contribution < 1.29 is 66.3 Å². The summed E-state index contributed by atoms with van der Waals surface area (Å²) in [6.45, 7) is 8.63. The Morgan fingerprint density at radius 3 is 1.54 bits per heavy atom. The number of amides is 3. The van der Waals surface area contributed by atoms with Crippen molar-refractivity contribution in [3.63, 3.8) is 0 Å². The van der Waals surface area contributed by atoms with Gasteiger partial charge in [0, 0.05) is 39.4 Å². The molecule has 9 N–H and O–H groups in total. The van der Waals surface area contributed by atoms with Crippen molar-refractivity contribution in [3.05, 3.63) is 59.1 Å². The molecule has 22 heteroatoms. The van der Waals surface area contributed by atoms with Crippen LogP contribution >= 0.6 is 0 Å². The van der Waals surface area contributed by atoms with Crippen molar-refractivity contribution in [2.24, 2.45) is 17.2 Å². The van der Waals surface area contributed by atoms with Gasteiger partial charge in [-0.05, 0) is 77.4 Å². The number of ether oxygens (including phenoxy) is 7. The van der Waals surface area contributed by atoms with E-state index in [1.807, 2.05) is 0 Å². The third kappa shape index (κ3) is 10.0. The van der Waals surface area contributed by atoms with Crippen LogP contribution in [0, 0.1) is 0 Å². The summed E-state index contributed by atoms with van der Waals surface area (Å²) in [5.74, 6) is -4.41. The van der Waals surface area contributed by atoms with Crippen LogP contribution in [0.5, 0.6) is 40.2 Å². The van der Waals surface area contributed by atoms with Gasteiger partial charge >= 0.3 is 23.5 Å². The lowest BCUT2D eigenvalue weighted by Gasteiger charge is -2.19. The summed E-state index contributed by atoms with van der Waals surface area (Å²) in [5.41, 5.74) is 17.2. The zero-order valence-electron chi connectivity index (χ0n) is 39.4. The Bertz CT molecular complexity index is 3100. The standard InChI is InChI=1S/C47H53N7O15/c1-19(48)41(55)51-22(4)44(58)66-29-12-11-25(15-31(29)62-7)35-36-28-17-32(63-8)33(68-45(59)23(5)52-42(56)20(2)49)18-30(28)67-47(61)38(36)54-14-13-26-27(37(35)54)16-34(64-9)40(65-10)39(26)69-46(60)24(6)53-43(57)21(3)50/h11-24H,48-50H2,1-10H3,(H,51,55)(H,52,56)(H,53,57)/t19-,20-,21-,22-,23-,24-/m0/s1. The summed E-state index contributed by atoms with van der Waals surface area (Å²) >= 11 is 0. The third-order valence-corrected chi connectivity index (χ3v) is 10.9. The highest BCUT2D eigenvalue weighted by atomic mass is 16.6. The Balaban J connectivity index is 1.67. The first-order valence-corrected chi connectivity index (χ1v) is 21.4. The molecule has 3 heterocycles. The number of carbonyl (C=O) groups is 6. The van der Waals surface area contributed by atoms with Crippen LogP contribution in [0.25, 0.3) is 49.3 Å². The van der Waals surface area contributed by atoms with E-state index in [2.05, 4.69) is 16.0 Å². The highest BCUT2D eigenvalue weighted by Crippen LogP contribution is 2.50. The van der Waals surface area contributed by atoms with Crippen LogP contribution in [-0.4, -0.2) is 105 Å². The molecule has 0 radical (unpaired) electrons. The maximum absolute atomic E-state index is 14.4. The number of methoxy groups -OCH3 is 4. The van der Waals surface area contributed by atoms with Gasteiger partial charge in [-0.15, -0.1) is 0 Å². The average molecular weight is 956 g/mol. The van der Waals surface area contributed by atoms with Crippen LogP contribution in [0.15, 0.2) is 57.9 Å². The van der Waals surface area contributed by atoms with E-state index in [0.29, 0.717) is 22.0 Å². The van der Waals surface area contributed by atoms with E-state index < -0.39 is 77.5 Å². The number of pyridine rings is 1. The van der Waals surface area contributed by atoms with Crippen LogP contribution in [0.1, 0.15) is 41.5 Å². The fourth-order valence-corrected chi connectivity index (χ4v) is 7.24. The molecule has 0 saturated heterocycles. The van der Waals surface area contributed by atoms with Gasteiger partial charge in [0.25, 0.3) is 0 Å². The van der Waals surface area contributed by atoms with Gasteiger partial charge < -0.3 is 75.1 Å². The lowest BCUT2D eigenvalue weighted by molar-refractivity contribution is -0.139. The SMILES string of the molecule is COc1cc(-c2c3c4cc(OC)c(OC(=O)[C@H](C)NC(=O)[C@H](C)N)cc4oc(=O)c3n3ccc4c(OC(=O)[C@H](C)NC(=O)[C@H](C)N)c(OC)c(OC)cc4c23)ccc1OC(=O)[C@H](C)NC(=O)[C@H](C)N. The van der Waals surface area contributed by atoms with Crippen molar-refractivity contribution in [2.45, 2.75) is 77.8 Å².